The molecule has 0 saturated heterocycles. The number of anilines is 1. The molecule has 4 rings (SSSR count). The fourth-order valence-corrected chi connectivity index (χ4v) is 6.37. The van der Waals surface area contributed by atoms with Gasteiger partial charge in [-0.05, 0) is 35.4 Å². The Kier molecular flexibility index (Phi) is 8.21. The number of nitrogens with one attached hydrogen (secondary N) is 2. The number of carbonyl (C=O) groups is 2. The summed E-state index contributed by atoms with van der Waals surface area (Å²) >= 11 is 6.86. The Labute approximate surface area is 227 Å². The SMILES string of the molecule is COc1cccc2c1c(NS(=O)(=O)c1ccc(Cl)s1)nn2Cc1cccc(CN[C@@H](CC(N)=O)C(=O)O)c1. The van der Waals surface area contributed by atoms with Crippen LogP contribution in [-0.2, 0) is 32.7 Å². The molecule has 200 valence electrons. The van der Waals surface area contributed by atoms with Crippen molar-refractivity contribution in [1.82, 2.24) is 15.1 Å². The van der Waals surface area contributed by atoms with E-state index in [-0.39, 0.29) is 29.5 Å². The van der Waals surface area contributed by atoms with Crippen molar-refractivity contribution < 1.29 is 27.9 Å². The van der Waals surface area contributed by atoms with Gasteiger partial charge in [0.2, 0.25) is 5.91 Å². The van der Waals surface area contributed by atoms with E-state index >= 15 is 0 Å². The lowest BCUT2D eigenvalue weighted by Gasteiger charge is -2.13. The fraction of sp³-hybridized carbons (Fsp3) is 0.208. The summed E-state index contributed by atoms with van der Waals surface area (Å²) in [6, 6.07) is 14.5. The number of carbonyl (C=O) groups excluding carboxylic acids is 1. The number of methoxy groups -OCH3 is 1. The van der Waals surface area contributed by atoms with E-state index in [1.54, 1.807) is 22.9 Å². The molecule has 0 spiro atoms. The molecular formula is C24H24ClN5O6S2. The molecule has 1 amide bonds. The Morgan fingerprint density at radius 3 is 2.58 bits per heavy atom. The second-order valence-electron chi connectivity index (χ2n) is 8.29. The van der Waals surface area contributed by atoms with Crippen molar-refractivity contribution in [1.29, 1.82) is 0 Å². The summed E-state index contributed by atoms with van der Waals surface area (Å²) in [5.41, 5.74) is 7.39. The Morgan fingerprint density at radius 2 is 1.92 bits per heavy atom. The largest absolute Gasteiger partial charge is 0.496 e. The maximum atomic E-state index is 13.0. The third kappa shape index (κ3) is 6.25. The highest BCUT2D eigenvalue weighted by atomic mass is 35.5. The lowest BCUT2D eigenvalue weighted by Crippen LogP contribution is -2.39. The number of carboxylic acids is 1. The Bertz CT molecular complexity index is 1600. The van der Waals surface area contributed by atoms with Crippen molar-refractivity contribution in [2.24, 2.45) is 5.73 Å². The monoisotopic (exact) mass is 577 g/mol. The number of rotatable bonds is 12. The highest BCUT2D eigenvalue weighted by Crippen LogP contribution is 2.35. The van der Waals surface area contributed by atoms with Crippen molar-refractivity contribution in [3.05, 3.63) is 70.1 Å². The summed E-state index contributed by atoms with van der Waals surface area (Å²) in [6.45, 7) is 0.480. The topological polar surface area (TPSA) is 166 Å². The van der Waals surface area contributed by atoms with Gasteiger partial charge in [-0.3, -0.25) is 24.3 Å². The molecule has 0 aliphatic carbocycles. The maximum absolute atomic E-state index is 13.0. The number of fused-ring (bicyclic) bond motifs is 1. The highest BCUT2D eigenvalue weighted by Gasteiger charge is 2.23. The summed E-state index contributed by atoms with van der Waals surface area (Å²) in [4.78, 5) is 22.5. The fourth-order valence-electron chi connectivity index (χ4n) is 3.88. The maximum Gasteiger partial charge on any atom is 0.321 e. The van der Waals surface area contributed by atoms with Crippen molar-refractivity contribution in [3.63, 3.8) is 0 Å². The number of carboxylic acid groups (broad SMARTS) is 1. The molecule has 11 nitrogen and oxygen atoms in total. The van der Waals surface area contributed by atoms with Crippen molar-refractivity contribution in [3.8, 4) is 5.75 Å². The molecule has 0 aliphatic rings. The number of halogens is 1. The number of hydrogen-bond acceptors (Lipinski definition) is 8. The third-order valence-corrected chi connectivity index (χ3v) is 8.65. The first-order valence-electron chi connectivity index (χ1n) is 11.2. The predicted molar refractivity (Wildman–Crippen MR) is 144 cm³/mol. The molecule has 5 N–H and O–H groups in total. The van der Waals surface area contributed by atoms with Gasteiger partial charge < -0.3 is 15.6 Å². The first-order valence-corrected chi connectivity index (χ1v) is 13.9. The van der Waals surface area contributed by atoms with Gasteiger partial charge in [-0.1, -0.05) is 41.9 Å². The molecule has 0 bridgehead atoms. The average Bonchev–Trinajstić information content (AvgIpc) is 3.45. The summed E-state index contributed by atoms with van der Waals surface area (Å²) in [7, 11) is -2.45. The molecule has 2 aromatic carbocycles. The Balaban J connectivity index is 1.62. The van der Waals surface area contributed by atoms with Gasteiger partial charge >= 0.3 is 5.97 Å². The zero-order valence-electron chi connectivity index (χ0n) is 20.0. The van der Waals surface area contributed by atoms with Crippen molar-refractivity contribution in [2.75, 3.05) is 11.8 Å². The van der Waals surface area contributed by atoms with Gasteiger partial charge in [-0.15, -0.1) is 11.3 Å². The van der Waals surface area contributed by atoms with E-state index in [0.29, 0.717) is 21.0 Å². The van der Waals surface area contributed by atoms with Gasteiger partial charge in [0, 0.05) is 6.54 Å². The number of primary amides is 1. The second kappa shape index (κ2) is 11.4. The normalized spacial score (nSPS) is 12.4. The van der Waals surface area contributed by atoms with Crippen molar-refractivity contribution in [2.45, 2.75) is 29.8 Å². The van der Waals surface area contributed by atoms with E-state index in [9.17, 15) is 23.1 Å². The summed E-state index contributed by atoms with van der Waals surface area (Å²) in [5, 5.41) is 17.2. The zero-order chi connectivity index (χ0) is 27.4. The molecule has 2 aromatic heterocycles. The summed E-state index contributed by atoms with van der Waals surface area (Å²) in [5.74, 6) is -1.33. The van der Waals surface area contributed by atoms with E-state index in [1.807, 2.05) is 24.3 Å². The molecule has 0 fully saturated rings. The Hall–Kier alpha value is -3.65. The molecular weight excluding hydrogens is 554 g/mol. The smallest absolute Gasteiger partial charge is 0.321 e. The van der Waals surface area contributed by atoms with E-state index in [2.05, 4.69) is 15.1 Å². The highest BCUT2D eigenvalue weighted by molar-refractivity contribution is 7.94. The standard InChI is InChI=1S/C24H24ClN5O6S2/c1-36-18-7-3-6-17-22(18)23(29-38(34,35)21-9-8-19(25)37-21)28-30(17)13-15-5-2-4-14(10-15)12-27-16(24(32)33)11-20(26)31/h2-10,16,27H,11-13H2,1H3,(H2,26,31)(H,28,29)(H,32,33)/t16-/m0/s1. The Morgan fingerprint density at radius 1 is 1.18 bits per heavy atom. The molecule has 0 saturated carbocycles. The molecule has 0 unspecified atom stereocenters. The van der Waals surface area contributed by atoms with Crippen LogP contribution in [0.4, 0.5) is 5.82 Å². The van der Waals surface area contributed by atoms with Gasteiger partial charge in [0.15, 0.2) is 5.82 Å². The van der Waals surface area contributed by atoms with E-state index in [4.69, 9.17) is 22.1 Å². The number of nitrogens with zero attached hydrogens (tertiary/aromatic N) is 2. The van der Waals surface area contributed by atoms with Crippen LogP contribution in [0.3, 0.4) is 0 Å². The van der Waals surface area contributed by atoms with Gasteiger partial charge in [-0.2, -0.15) is 5.10 Å². The van der Waals surface area contributed by atoms with Gasteiger partial charge in [0.1, 0.15) is 16.0 Å². The number of thiophene rings is 1. The zero-order valence-corrected chi connectivity index (χ0v) is 22.4. The van der Waals surface area contributed by atoms with Crippen molar-refractivity contribution >= 4 is 61.6 Å². The van der Waals surface area contributed by atoms with Crippen LogP contribution in [-0.4, -0.2) is 48.3 Å². The van der Waals surface area contributed by atoms with Gasteiger partial charge in [-0.25, -0.2) is 8.42 Å². The molecule has 2 heterocycles. The second-order valence-corrected chi connectivity index (χ2v) is 11.9. The molecule has 4 aromatic rings. The van der Waals surface area contributed by atoms with E-state index in [0.717, 1.165) is 22.5 Å². The van der Waals surface area contributed by atoms with Crippen LogP contribution in [0.2, 0.25) is 4.34 Å². The number of aromatic nitrogens is 2. The van der Waals surface area contributed by atoms with Crippen LogP contribution >= 0.6 is 22.9 Å². The average molecular weight is 578 g/mol. The number of amides is 1. The van der Waals surface area contributed by atoms with E-state index in [1.165, 1.54) is 19.2 Å². The minimum Gasteiger partial charge on any atom is -0.496 e. The summed E-state index contributed by atoms with van der Waals surface area (Å²) in [6.07, 6.45) is -0.327. The minimum absolute atomic E-state index is 0.0521. The number of hydrogen-bond donors (Lipinski definition) is 4. The molecule has 0 radical (unpaired) electrons. The minimum atomic E-state index is -3.94. The van der Waals surface area contributed by atoms with Gasteiger partial charge in [0.25, 0.3) is 10.0 Å². The molecule has 0 aliphatic heterocycles. The number of aliphatic carboxylic acids is 1. The lowest BCUT2D eigenvalue weighted by molar-refractivity contribution is -0.141. The number of nitrogens with two attached hydrogens (primary N) is 1. The lowest BCUT2D eigenvalue weighted by atomic mass is 10.1. The number of sulfonamides is 1. The van der Waals surface area contributed by atoms with Crippen LogP contribution in [0.5, 0.6) is 5.75 Å². The number of ether oxygens (including phenoxy) is 1. The summed E-state index contributed by atoms with van der Waals surface area (Å²) < 4.78 is 36.0. The van der Waals surface area contributed by atoms with Crippen LogP contribution in [0.1, 0.15) is 17.5 Å². The predicted octanol–water partition coefficient (Wildman–Crippen LogP) is 3.03. The van der Waals surface area contributed by atoms with Crippen LogP contribution in [0.25, 0.3) is 10.9 Å². The quantitative estimate of drug-likeness (QED) is 0.199. The first-order chi connectivity index (χ1) is 18.1. The molecule has 14 heteroatoms. The van der Waals surface area contributed by atoms with Crippen LogP contribution in [0, 0.1) is 0 Å². The van der Waals surface area contributed by atoms with E-state index < -0.39 is 27.9 Å². The van der Waals surface area contributed by atoms with Gasteiger partial charge in [0.05, 0.1) is 35.3 Å². The molecule has 1 atom stereocenters. The van der Waals surface area contributed by atoms with Crippen LogP contribution < -0.4 is 20.5 Å². The van der Waals surface area contributed by atoms with Crippen LogP contribution in [0.15, 0.2) is 58.8 Å². The molecule has 38 heavy (non-hydrogen) atoms. The third-order valence-electron chi connectivity index (χ3n) is 5.58. The number of benzene rings is 2. The first kappa shape index (κ1) is 27.4.